The zero-order valence-electron chi connectivity index (χ0n) is 38.4. The van der Waals surface area contributed by atoms with Gasteiger partial charge < -0.3 is 14.2 Å². The molecule has 0 spiro atoms. The molecule has 0 N–H and O–H groups in total. The number of esters is 3. The lowest BCUT2D eigenvalue weighted by Gasteiger charge is -2.18. The van der Waals surface area contributed by atoms with Crippen molar-refractivity contribution in [3.63, 3.8) is 0 Å². The molecule has 0 radical (unpaired) electrons. The number of hydrogen-bond acceptors (Lipinski definition) is 6. The molecule has 0 aliphatic heterocycles. The Hall–Kier alpha value is -3.93. The zero-order chi connectivity index (χ0) is 43.7. The lowest BCUT2D eigenvalue weighted by molar-refractivity contribution is -0.167. The van der Waals surface area contributed by atoms with E-state index in [4.69, 9.17) is 14.2 Å². The monoisotopic (exact) mass is 831 g/mol. The van der Waals surface area contributed by atoms with Gasteiger partial charge >= 0.3 is 17.9 Å². The van der Waals surface area contributed by atoms with Gasteiger partial charge in [-0.3, -0.25) is 14.4 Å². The van der Waals surface area contributed by atoms with Crippen LogP contribution in [0.2, 0.25) is 0 Å². The smallest absolute Gasteiger partial charge is 0.306 e. The second-order valence-corrected chi connectivity index (χ2v) is 15.3. The van der Waals surface area contributed by atoms with E-state index in [1.807, 2.05) is 0 Å². The Morgan fingerprint density at radius 3 is 1.13 bits per heavy atom. The van der Waals surface area contributed by atoms with E-state index in [1.54, 1.807) is 0 Å². The van der Waals surface area contributed by atoms with Crippen molar-refractivity contribution in [3.05, 3.63) is 109 Å². The predicted octanol–water partition coefficient (Wildman–Crippen LogP) is 15.6. The number of ether oxygens (including phenoxy) is 3. The van der Waals surface area contributed by atoms with Crippen LogP contribution in [0.3, 0.4) is 0 Å². The highest BCUT2D eigenvalue weighted by atomic mass is 16.6. The molecule has 0 aliphatic rings. The molecule has 0 aromatic rings. The van der Waals surface area contributed by atoms with Gasteiger partial charge in [0.1, 0.15) is 13.2 Å². The molecule has 0 rings (SSSR count). The van der Waals surface area contributed by atoms with Crippen LogP contribution in [-0.2, 0) is 28.6 Å². The summed E-state index contributed by atoms with van der Waals surface area (Å²) in [5.74, 6) is -0.995. The minimum absolute atomic E-state index is 0.111. The van der Waals surface area contributed by atoms with Crippen molar-refractivity contribution in [1.29, 1.82) is 0 Å². The van der Waals surface area contributed by atoms with Gasteiger partial charge in [0.25, 0.3) is 0 Å². The molecule has 0 aliphatic carbocycles. The van der Waals surface area contributed by atoms with Crippen molar-refractivity contribution < 1.29 is 28.6 Å². The van der Waals surface area contributed by atoms with Crippen LogP contribution < -0.4 is 0 Å². The summed E-state index contributed by atoms with van der Waals surface area (Å²) in [6.45, 7) is 6.27. The summed E-state index contributed by atoms with van der Waals surface area (Å²) in [6.07, 6.45) is 63.6. The summed E-state index contributed by atoms with van der Waals surface area (Å²) in [4.78, 5) is 37.8. The van der Waals surface area contributed by atoms with Crippen molar-refractivity contribution in [2.24, 2.45) is 0 Å². The second-order valence-electron chi connectivity index (χ2n) is 15.3. The Morgan fingerprint density at radius 2 is 0.700 bits per heavy atom. The summed E-state index contributed by atoms with van der Waals surface area (Å²) >= 11 is 0. The Balaban J connectivity index is 4.48. The van der Waals surface area contributed by atoms with Crippen LogP contribution in [-0.4, -0.2) is 37.2 Å². The fraction of sp³-hybridized carbons (Fsp3) is 0.611. The van der Waals surface area contributed by atoms with Crippen LogP contribution in [0.4, 0.5) is 0 Å². The van der Waals surface area contributed by atoms with Crippen molar-refractivity contribution in [3.8, 4) is 0 Å². The van der Waals surface area contributed by atoms with E-state index < -0.39 is 6.10 Å². The highest BCUT2D eigenvalue weighted by molar-refractivity contribution is 5.71. The van der Waals surface area contributed by atoms with Crippen LogP contribution in [0.25, 0.3) is 0 Å². The molecule has 0 fully saturated rings. The molecule has 0 saturated heterocycles. The first-order valence-electron chi connectivity index (χ1n) is 23.9. The normalized spacial score (nSPS) is 13.1. The van der Waals surface area contributed by atoms with Gasteiger partial charge in [-0.15, -0.1) is 0 Å². The SMILES string of the molecule is CC/C=C\C/C=C\C/C=C\C/C=C\C/C=C\CCCCCC(=O)OCC(COC(=O)CCCCC/C=C\C=C/CCCC)OC(=O)CCCCCCC/C=C\C/C=C\CC. The molecule has 0 saturated carbocycles. The van der Waals surface area contributed by atoms with E-state index in [1.165, 1.54) is 12.8 Å². The third kappa shape index (κ3) is 45.2. The van der Waals surface area contributed by atoms with Crippen LogP contribution in [0.15, 0.2) is 109 Å². The molecular weight excluding hydrogens is 745 g/mol. The average molecular weight is 831 g/mol. The van der Waals surface area contributed by atoms with Crippen LogP contribution in [0.1, 0.15) is 194 Å². The Bertz CT molecular complexity index is 1280. The van der Waals surface area contributed by atoms with E-state index >= 15 is 0 Å². The molecule has 0 aromatic carbocycles. The van der Waals surface area contributed by atoms with Gasteiger partial charge in [0.2, 0.25) is 0 Å². The molecule has 60 heavy (non-hydrogen) atoms. The fourth-order valence-corrected chi connectivity index (χ4v) is 5.95. The van der Waals surface area contributed by atoms with E-state index in [-0.39, 0.29) is 31.1 Å². The van der Waals surface area contributed by atoms with Gasteiger partial charge in [0.05, 0.1) is 0 Å². The lowest BCUT2D eigenvalue weighted by Crippen LogP contribution is -2.30. The van der Waals surface area contributed by atoms with E-state index in [2.05, 4.69) is 130 Å². The fourth-order valence-electron chi connectivity index (χ4n) is 5.95. The molecule has 338 valence electrons. The zero-order valence-corrected chi connectivity index (χ0v) is 38.4. The second kappa shape index (κ2) is 47.7. The number of allylic oxidation sites excluding steroid dienone is 18. The van der Waals surface area contributed by atoms with Gasteiger partial charge in [0, 0.05) is 19.3 Å². The van der Waals surface area contributed by atoms with E-state index in [9.17, 15) is 14.4 Å². The number of hydrogen-bond donors (Lipinski definition) is 0. The van der Waals surface area contributed by atoms with Gasteiger partial charge in [-0.2, -0.15) is 0 Å². The predicted molar refractivity (Wildman–Crippen MR) is 256 cm³/mol. The van der Waals surface area contributed by atoms with E-state index in [0.29, 0.717) is 19.3 Å². The first-order chi connectivity index (χ1) is 29.5. The average Bonchev–Trinajstić information content (AvgIpc) is 3.24. The minimum atomic E-state index is -0.810. The Kier molecular flexibility index (Phi) is 44.6. The quantitative estimate of drug-likeness (QED) is 0.0201. The summed E-state index contributed by atoms with van der Waals surface area (Å²) in [5.41, 5.74) is 0. The minimum Gasteiger partial charge on any atom is -0.462 e. The molecule has 0 amide bonds. The van der Waals surface area contributed by atoms with Crippen molar-refractivity contribution >= 4 is 17.9 Å². The van der Waals surface area contributed by atoms with Crippen molar-refractivity contribution in [2.75, 3.05) is 13.2 Å². The first kappa shape index (κ1) is 56.1. The summed E-state index contributed by atoms with van der Waals surface area (Å²) in [5, 5.41) is 0. The van der Waals surface area contributed by atoms with E-state index in [0.717, 1.165) is 141 Å². The molecule has 0 bridgehead atoms. The molecule has 6 nitrogen and oxygen atoms in total. The molecule has 1 atom stereocenters. The number of carbonyl (C=O) groups is 3. The topological polar surface area (TPSA) is 78.9 Å². The van der Waals surface area contributed by atoms with Gasteiger partial charge in [-0.25, -0.2) is 0 Å². The van der Waals surface area contributed by atoms with Crippen LogP contribution >= 0.6 is 0 Å². The molecule has 0 heterocycles. The first-order valence-corrected chi connectivity index (χ1v) is 23.9. The Labute approximate surface area is 368 Å². The largest absolute Gasteiger partial charge is 0.462 e. The van der Waals surface area contributed by atoms with Gasteiger partial charge in [-0.05, 0) is 109 Å². The maximum absolute atomic E-state index is 12.7. The number of unbranched alkanes of at least 4 members (excludes halogenated alkanes) is 13. The molecule has 0 aromatic heterocycles. The lowest BCUT2D eigenvalue weighted by atomic mass is 10.1. The third-order valence-corrected chi connectivity index (χ3v) is 9.52. The highest BCUT2D eigenvalue weighted by Crippen LogP contribution is 2.12. The Morgan fingerprint density at radius 1 is 0.367 bits per heavy atom. The molecule has 6 heteroatoms. The third-order valence-electron chi connectivity index (χ3n) is 9.52. The van der Waals surface area contributed by atoms with Crippen LogP contribution in [0.5, 0.6) is 0 Å². The molecule has 1 unspecified atom stereocenters. The summed E-state index contributed by atoms with van der Waals surface area (Å²) in [7, 11) is 0. The number of carbonyl (C=O) groups excluding carboxylic acids is 3. The maximum atomic E-state index is 12.7. The summed E-state index contributed by atoms with van der Waals surface area (Å²) in [6, 6.07) is 0. The summed E-state index contributed by atoms with van der Waals surface area (Å²) < 4.78 is 16.7. The van der Waals surface area contributed by atoms with Crippen molar-refractivity contribution in [2.45, 2.75) is 200 Å². The van der Waals surface area contributed by atoms with Crippen molar-refractivity contribution in [1.82, 2.24) is 0 Å². The standard InChI is InChI=1S/C54H86O6/c1-4-7-10-13-16-19-22-24-25-26-27-28-29-30-33-35-38-41-44-47-53(56)59-50-51(49-58-52(55)46-43-40-37-34-31-21-18-15-12-9-6-3)60-54(57)48-45-42-39-36-32-23-20-17-14-11-8-5-2/h7-8,10-11,15-21,24-25,27-28,30-31,33,51H,4-6,9,12-14,22-23,26,29,32,34-50H2,1-3H3/b10-7-,11-8-,18-15-,19-16-,20-17-,25-24-,28-27-,31-21-,33-30-. The number of rotatable bonds is 41. The molecular formula is C54H86O6. The maximum Gasteiger partial charge on any atom is 0.306 e. The van der Waals surface area contributed by atoms with Crippen LogP contribution in [0, 0.1) is 0 Å². The van der Waals surface area contributed by atoms with Gasteiger partial charge in [-0.1, -0.05) is 175 Å². The van der Waals surface area contributed by atoms with Gasteiger partial charge in [0.15, 0.2) is 6.10 Å². The highest BCUT2D eigenvalue weighted by Gasteiger charge is 2.19.